The van der Waals surface area contributed by atoms with Gasteiger partial charge in [-0.15, -0.1) is 0 Å². The van der Waals surface area contributed by atoms with Gasteiger partial charge in [0, 0.05) is 58.9 Å². The lowest BCUT2D eigenvalue weighted by Gasteiger charge is -2.20. The summed E-state index contributed by atoms with van der Waals surface area (Å²) in [7, 11) is 0. The van der Waals surface area contributed by atoms with Gasteiger partial charge in [-0.25, -0.2) is 9.59 Å². The number of primary amides is 1. The molecule has 0 aliphatic carbocycles. The molecule has 116 valence electrons. The molecule has 0 aromatic rings. The standard InChI is InChI=1S/C12H26N6O2/c1-2-16(11(14)19)7-4-15-5-8-18-10-9-17(6-3-13)12(18)20/h15H,2-10,13H2,1H3,(H2,14,19). The van der Waals surface area contributed by atoms with Gasteiger partial charge in [0.15, 0.2) is 0 Å². The maximum absolute atomic E-state index is 11.9. The van der Waals surface area contributed by atoms with E-state index in [1.807, 2.05) is 11.8 Å². The molecule has 1 saturated heterocycles. The van der Waals surface area contributed by atoms with E-state index in [4.69, 9.17) is 11.5 Å². The monoisotopic (exact) mass is 286 g/mol. The maximum atomic E-state index is 11.9. The van der Waals surface area contributed by atoms with Crippen LogP contribution < -0.4 is 16.8 Å². The Kier molecular flexibility index (Phi) is 7.10. The Balaban J connectivity index is 2.13. The molecule has 1 aliphatic rings. The summed E-state index contributed by atoms with van der Waals surface area (Å²) in [6, 6.07) is -0.342. The third-order valence-electron chi connectivity index (χ3n) is 3.39. The van der Waals surface area contributed by atoms with Gasteiger partial charge in [0.2, 0.25) is 0 Å². The van der Waals surface area contributed by atoms with Crippen molar-refractivity contribution in [2.24, 2.45) is 11.5 Å². The van der Waals surface area contributed by atoms with Crippen LogP contribution in [0.3, 0.4) is 0 Å². The highest BCUT2D eigenvalue weighted by atomic mass is 16.2. The number of hydrogen-bond donors (Lipinski definition) is 3. The van der Waals surface area contributed by atoms with Crippen molar-refractivity contribution >= 4 is 12.1 Å². The number of urea groups is 2. The molecule has 0 bridgehead atoms. The van der Waals surface area contributed by atoms with Gasteiger partial charge in [0.05, 0.1) is 0 Å². The molecule has 0 aromatic heterocycles. The van der Waals surface area contributed by atoms with E-state index in [1.54, 1.807) is 9.80 Å². The first kappa shape index (κ1) is 16.5. The molecule has 0 radical (unpaired) electrons. The van der Waals surface area contributed by atoms with E-state index in [1.165, 1.54) is 0 Å². The molecule has 0 aromatic carbocycles. The second kappa shape index (κ2) is 8.60. The van der Waals surface area contributed by atoms with Crippen LogP contribution in [-0.4, -0.2) is 85.7 Å². The summed E-state index contributed by atoms with van der Waals surface area (Å²) < 4.78 is 0. The molecule has 1 aliphatic heterocycles. The van der Waals surface area contributed by atoms with E-state index >= 15 is 0 Å². The number of amides is 4. The van der Waals surface area contributed by atoms with Crippen molar-refractivity contribution in [1.82, 2.24) is 20.0 Å². The molecule has 5 N–H and O–H groups in total. The summed E-state index contributed by atoms with van der Waals surface area (Å²) in [6.07, 6.45) is 0. The van der Waals surface area contributed by atoms with Crippen molar-refractivity contribution in [2.45, 2.75) is 6.92 Å². The quantitative estimate of drug-likeness (QED) is 0.456. The fraction of sp³-hybridized carbons (Fsp3) is 0.833. The first-order chi connectivity index (χ1) is 9.60. The van der Waals surface area contributed by atoms with Crippen LogP contribution in [-0.2, 0) is 0 Å². The zero-order valence-electron chi connectivity index (χ0n) is 12.2. The molecule has 4 amide bonds. The van der Waals surface area contributed by atoms with Crippen LogP contribution in [0.5, 0.6) is 0 Å². The number of nitrogens with zero attached hydrogens (tertiary/aromatic N) is 3. The van der Waals surface area contributed by atoms with Crippen molar-refractivity contribution in [2.75, 3.05) is 58.9 Å². The van der Waals surface area contributed by atoms with E-state index in [0.29, 0.717) is 45.8 Å². The largest absolute Gasteiger partial charge is 0.351 e. The van der Waals surface area contributed by atoms with E-state index in [9.17, 15) is 9.59 Å². The third-order valence-corrected chi connectivity index (χ3v) is 3.39. The minimum Gasteiger partial charge on any atom is -0.351 e. The number of nitrogens with two attached hydrogens (primary N) is 2. The van der Waals surface area contributed by atoms with Gasteiger partial charge in [0.25, 0.3) is 0 Å². The van der Waals surface area contributed by atoms with Crippen LogP contribution in [0.1, 0.15) is 6.92 Å². The summed E-state index contributed by atoms with van der Waals surface area (Å²) in [5, 5.41) is 3.21. The first-order valence-corrected chi connectivity index (χ1v) is 7.09. The summed E-state index contributed by atoms with van der Waals surface area (Å²) in [5.41, 5.74) is 10.7. The van der Waals surface area contributed by atoms with Crippen molar-refractivity contribution < 1.29 is 9.59 Å². The van der Waals surface area contributed by atoms with Crippen molar-refractivity contribution in [3.63, 3.8) is 0 Å². The SMILES string of the molecule is CCN(CCNCCN1CCN(CCN)C1=O)C(N)=O. The Bertz CT molecular complexity index is 325. The highest BCUT2D eigenvalue weighted by Crippen LogP contribution is 2.06. The molecule has 1 rings (SSSR count). The number of hydrogen-bond acceptors (Lipinski definition) is 4. The van der Waals surface area contributed by atoms with Gasteiger partial charge in [-0.3, -0.25) is 0 Å². The highest BCUT2D eigenvalue weighted by molar-refractivity contribution is 5.76. The molecule has 1 fully saturated rings. The summed E-state index contributed by atoms with van der Waals surface area (Å²) in [6.45, 7) is 7.75. The van der Waals surface area contributed by atoms with Gasteiger partial charge in [-0.05, 0) is 6.92 Å². The number of rotatable bonds is 9. The Morgan fingerprint density at radius 2 is 1.95 bits per heavy atom. The Morgan fingerprint density at radius 3 is 2.50 bits per heavy atom. The number of likely N-dealkylation sites (N-methyl/N-ethyl adjacent to an activating group) is 1. The molecule has 0 saturated carbocycles. The molecule has 1 heterocycles. The predicted octanol–water partition coefficient (Wildman–Crippen LogP) is -1.33. The summed E-state index contributed by atoms with van der Waals surface area (Å²) >= 11 is 0. The van der Waals surface area contributed by atoms with Gasteiger partial charge in [-0.2, -0.15) is 0 Å². The second-order valence-corrected chi connectivity index (χ2v) is 4.71. The van der Waals surface area contributed by atoms with E-state index in [2.05, 4.69) is 5.32 Å². The maximum Gasteiger partial charge on any atom is 0.320 e. The number of nitrogens with one attached hydrogen (secondary N) is 1. The summed E-state index contributed by atoms with van der Waals surface area (Å²) in [5.74, 6) is 0. The van der Waals surface area contributed by atoms with Crippen molar-refractivity contribution in [3.8, 4) is 0 Å². The lowest BCUT2D eigenvalue weighted by Crippen LogP contribution is -2.42. The highest BCUT2D eigenvalue weighted by Gasteiger charge is 2.26. The first-order valence-electron chi connectivity index (χ1n) is 7.09. The van der Waals surface area contributed by atoms with Gasteiger partial charge < -0.3 is 31.5 Å². The van der Waals surface area contributed by atoms with Crippen LogP contribution in [0.2, 0.25) is 0 Å². The molecule has 20 heavy (non-hydrogen) atoms. The summed E-state index contributed by atoms with van der Waals surface area (Å²) in [4.78, 5) is 28.0. The smallest absolute Gasteiger partial charge is 0.320 e. The molecule has 8 nitrogen and oxygen atoms in total. The molecule has 0 atom stereocenters. The zero-order chi connectivity index (χ0) is 15.0. The Hall–Kier alpha value is -1.54. The van der Waals surface area contributed by atoms with Gasteiger partial charge in [0.1, 0.15) is 0 Å². The van der Waals surface area contributed by atoms with E-state index in [-0.39, 0.29) is 6.03 Å². The van der Waals surface area contributed by atoms with Crippen molar-refractivity contribution in [1.29, 1.82) is 0 Å². The molecular formula is C12H26N6O2. The molecular weight excluding hydrogens is 260 g/mol. The van der Waals surface area contributed by atoms with E-state index < -0.39 is 6.03 Å². The Morgan fingerprint density at radius 1 is 1.30 bits per heavy atom. The third kappa shape index (κ3) is 4.86. The number of carbonyl (C=O) groups is 2. The van der Waals surface area contributed by atoms with Crippen molar-refractivity contribution in [3.05, 3.63) is 0 Å². The van der Waals surface area contributed by atoms with Crippen LogP contribution in [0.15, 0.2) is 0 Å². The van der Waals surface area contributed by atoms with Gasteiger partial charge >= 0.3 is 12.1 Å². The fourth-order valence-corrected chi connectivity index (χ4v) is 2.18. The minimum atomic E-state index is -0.401. The average molecular weight is 286 g/mol. The molecule has 0 spiro atoms. The zero-order valence-corrected chi connectivity index (χ0v) is 12.2. The predicted molar refractivity (Wildman–Crippen MR) is 77.3 cm³/mol. The lowest BCUT2D eigenvalue weighted by molar-refractivity contribution is 0.192. The number of carbonyl (C=O) groups excluding carboxylic acids is 2. The minimum absolute atomic E-state index is 0.0598. The topological polar surface area (TPSA) is 108 Å². The Labute approximate surface area is 120 Å². The van der Waals surface area contributed by atoms with Crippen LogP contribution in [0.25, 0.3) is 0 Å². The molecule has 0 unspecified atom stereocenters. The lowest BCUT2D eigenvalue weighted by atomic mass is 10.4. The van der Waals surface area contributed by atoms with Crippen LogP contribution >= 0.6 is 0 Å². The normalized spacial score (nSPS) is 15.0. The second-order valence-electron chi connectivity index (χ2n) is 4.71. The van der Waals surface area contributed by atoms with Crippen LogP contribution in [0.4, 0.5) is 9.59 Å². The van der Waals surface area contributed by atoms with E-state index in [0.717, 1.165) is 13.1 Å². The van der Waals surface area contributed by atoms with Crippen LogP contribution in [0, 0.1) is 0 Å². The van der Waals surface area contributed by atoms with Gasteiger partial charge in [-0.1, -0.05) is 0 Å². The fourth-order valence-electron chi connectivity index (χ4n) is 2.18. The molecule has 8 heteroatoms. The average Bonchev–Trinajstić information content (AvgIpc) is 2.75.